The normalized spacial score (nSPS) is 13.6. The summed E-state index contributed by atoms with van der Waals surface area (Å²) in [4.78, 5) is 26.6. The van der Waals surface area contributed by atoms with Crippen molar-refractivity contribution >= 4 is 28.1 Å². The number of hydrogen-bond acceptors (Lipinski definition) is 4. The zero-order chi connectivity index (χ0) is 17.3. The molecule has 0 bridgehead atoms. The predicted molar refractivity (Wildman–Crippen MR) is 90.7 cm³/mol. The van der Waals surface area contributed by atoms with Crippen molar-refractivity contribution in [2.45, 2.75) is 12.5 Å². The van der Waals surface area contributed by atoms with Crippen LogP contribution in [0.4, 0.5) is 4.39 Å². The summed E-state index contributed by atoms with van der Waals surface area (Å²) in [5.74, 6) is -1.01. The zero-order valence-corrected chi connectivity index (χ0v) is 13.6. The molecule has 24 heavy (non-hydrogen) atoms. The molecule has 0 fully saturated rings. The minimum absolute atomic E-state index is 0.0158. The Morgan fingerprint density at radius 3 is 2.88 bits per heavy atom. The van der Waals surface area contributed by atoms with Gasteiger partial charge in [-0.1, -0.05) is 0 Å². The van der Waals surface area contributed by atoms with E-state index in [4.69, 9.17) is 0 Å². The van der Waals surface area contributed by atoms with Crippen LogP contribution in [0.2, 0.25) is 0 Å². The maximum atomic E-state index is 13.3. The molecule has 0 aliphatic rings. The van der Waals surface area contributed by atoms with E-state index in [1.165, 1.54) is 23.5 Å². The Balaban J connectivity index is 1.88. The molecule has 124 valence electrons. The summed E-state index contributed by atoms with van der Waals surface area (Å²) in [6.45, 7) is 1.58. The lowest BCUT2D eigenvalue weighted by molar-refractivity contribution is 0.0530. The highest BCUT2D eigenvalue weighted by Gasteiger charge is 2.25. The number of H-pyrrole nitrogens is 1. The van der Waals surface area contributed by atoms with E-state index in [0.29, 0.717) is 10.9 Å². The summed E-state index contributed by atoms with van der Waals surface area (Å²) in [6.07, 6.45) is 0. The van der Waals surface area contributed by atoms with Crippen molar-refractivity contribution in [3.63, 3.8) is 0 Å². The third kappa shape index (κ3) is 3.22. The predicted octanol–water partition coefficient (Wildman–Crippen LogP) is 2.37. The first-order valence-electron chi connectivity index (χ1n) is 7.23. The van der Waals surface area contributed by atoms with Gasteiger partial charge >= 0.3 is 0 Å². The molecule has 0 aliphatic heterocycles. The molecule has 0 saturated heterocycles. The lowest BCUT2D eigenvalue weighted by atomic mass is 9.99. The minimum atomic E-state index is -1.22. The fourth-order valence-electron chi connectivity index (χ4n) is 2.44. The topological polar surface area (TPSA) is 82.2 Å². The molecule has 3 rings (SSSR count). The molecule has 1 amide bonds. The van der Waals surface area contributed by atoms with Gasteiger partial charge in [0, 0.05) is 11.5 Å². The second kappa shape index (κ2) is 6.18. The van der Waals surface area contributed by atoms with Gasteiger partial charge in [-0.05, 0) is 47.5 Å². The van der Waals surface area contributed by atoms with Gasteiger partial charge in [0.2, 0.25) is 5.56 Å². The Hall–Kier alpha value is -2.51. The molecule has 0 aliphatic carbocycles. The Morgan fingerprint density at radius 1 is 1.38 bits per heavy atom. The number of aromatic amines is 1. The Morgan fingerprint density at radius 2 is 2.17 bits per heavy atom. The number of carbonyl (C=O) groups excluding carboxylic acids is 1. The quantitative estimate of drug-likeness (QED) is 0.678. The summed E-state index contributed by atoms with van der Waals surface area (Å²) in [7, 11) is 0. The Kier molecular flexibility index (Phi) is 4.21. The molecule has 3 N–H and O–H groups in total. The van der Waals surface area contributed by atoms with Crippen molar-refractivity contribution in [3.05, 3.63) is 68.4 Å². The first-order valence-corrected chi connectivity index (χ1v) is 8.17. The van der Waals surface area contributed by atoms with E-state index in [9.17, 15) is 19.1 Å². The number of aliphatic hydroxyl groups is 1. The number of fused-ring (bicyclic) bond motifs is 1. The summed E-state index contributed by atoms with van der Waals surface area (Å²) < 4.78 is 13.3. The highest BCUT2D eigenvalue weighted by Crippen LogP contribution is 2.22. The van der Waals surface area contributed by atoms with Crippen LogP contribution in [0.5, 0.6) is 0 Å². The lowest BCUT2D eigenvalue weighted by Gasteiger charge is -2.23. The number of carbonyl (C=O) groups is 1. The van der Waals surface area contributed by atoms with Gasteiger partial charge in [0.25, 0.3) is 5.91 Å². The number of pyridine rings is 1. The van der Waals surface area contributed by atoms with E-state index in [2.05, 4.69) is 10.3 Å². The van der Waals surface area contributed by atoms with Gasteiger partial charge in [-0.25, -0.2) is 4.39 Å². The third-order valence-electron chi connectivity index (χ3n) is 3.79. The van der Waals surface area contributed by atoms with E-state index < -0.39 is 22.9 Å². The van der Waals surface area contributed by atoms with Crippen LogP contribution in [0.3, 0.4) is 0 Å². The number of amides is 1. The summed E-state index contributed by atoms with van der Waals surface area (Å²) in [5, 5.41) is 17.2. The van der Waals surface area contributed by atoms with Crippen LogP contribution in [0, 0.1) is 5.82 Å². The van der Waals surface area contributed by atoms with E-state index >= 15 is 0 Å². The monoisotopic (exact) mass is 346 g/mol. The largest absolute Gasteiger partial charge is 0.384 e. The lowest BCUT2D eigenvalue weighted by Crippen LogP contribution is -2.38. The summed E-state index contributed by atoms with van der Waals surface area (Å²) in [5.41, 5.74) is -0.640. The summed E-state index contributed by atoms with van der Waals surface area (Å²) >= 11 is 1.45. The van der Waals surface area contributed by atoms with Crippen LogP contribution in [0.15, 0.2) is 45.9 Å². The first kappa shape index (κ1) is 16.4. The molecule has 5 nitrogen and oxygen atoms in total. The molecule has 3 aromatic rings. The van der Waals surface area contributed by atoms with Crippen molar-refractivity contribution in [2.24, 2.45) is 0 Å². The molecule has 0 saturated carbocycles. The Labute approximate surface area is 140 Å². The molecule has 2 aromatic heterocycles. The van der Waals surface area contributed by atoms with E-state index in [0.717, 1.165) is 12.1 Å². The maximum absolute atomic E-state index is 13.3. The number of rotatable bonds is 4. The minimum Gasteiger partial charge on any atom is -0.384 e. The van der Waals surface area contributed by atoms with Gasteiger partial charge in [0.15, 0.2) is 0 Å². The van der Waals surface area contributed by atoms with Crippen LogP contribution >= 0.6 is 11.3 Å². The SMILES string of the molecule is CC(O)(CNC(=O)c1cc(=O)[nH]c2cc(F)ccc12)c1ccsc1. The van der Waals surface area contributed by atoms with Gasteiger partial charge in [-0.2, -0.15) is 11.3 Å². The van der Waals surface area contributed by atoms with Crippen molar-refractivity contribution < 1.29 is 14.3 Å². The van der Waals surface area contributed by atoms with Crippen molar-refractivity contribution in [3.8, 4) is 0 Å². The second-order valence-electron chi connectivity index (χ2n) is 5.71. The first-order chi connectivity index (χ1) is 11.4. The fourth-order valence-corrected chi connectivity index (χ4v) is 3.22. The molecule has 7 heteroatoms. The van der Waals surface area contributed by atoms with Crippen molar-refractivity contribution in [1.82, 2.24) is 10.3 Å². The van der Waals surface area contributed by atoms with Gasteiger partial charge in [-0.15, -0.1) is 0 Å². The van der Waals surface area contributed by atoms with Gasteiger partial charge in [0.1, 0.15) is 11.4 Å². The molecular weight excluding hydrogens is 331 g/mol. The maximum Gasteiger partial charge on any atom is 0.252 e. The van der Waals surface area contributed by atoms with Gasteiger partial charge in [0.05, 0.1) is 17.6 Å². The number of nitrogens with one attached hydrogen (secondary N) is 2. The standard InChI is InChI=1S/C17H15FN2O3S/c1-17(23,10-4-5-24-8-10)9-19-16(22)13-7-15(21)20-14-6-11(18)2-3-12(13)14/h2-8,23H,9H2,1H3,(H,19,22)(H,20,21). The number of halogens is 1. The molecule has 0 spiro atoms. The van der Waals surface area contributed by atoms with Crippen LogP contribution < -0.4 is 10.9 Å². The average molecular weight is 346 g/mol. The molecule has 1 aromatic carbocycles. The van der Waals surface area contributed by atoms with Gasteiger partial charge < -0.3 is 15.4 Å². The third-order valence-corrected chi connectivity index (χ3v) is 4.47. The average Bonchev–Trinajstić information content (AvgIpc) is 3.06. The smallest absolute Gasteiger partial charge is 0.252 e. The summed E-state index contributed by atoms with van der Waals surface area (Å²) in [6, 6.07) is 6.76. The van der Waals surface area contributed by atoms with Crippen LogP contribution in [0.1, 0.15) is 22.8 Å². The van der Waals surface area contributed by atoms with Crippen LogP contribution in [-0.2, 0) is 5.60 Å². The van der Waals surface area contributed by atoms with Crippen LogP contribution in [0.25, 0.3) is 10.9 Å². The molecule has 2 heterocycles. The van der Waals surface area contributed by atoms with E-state index in [1.807, 2.05) is 5.38 Å². The second-order valence-corrected chi connectivity index (χ2v) is 6.49. The number of benzene rings is 1. The number of hydrogen-bond donors (Lipinski definition) is 3. The van der Waals surface area contributed by atoms with Crippen LogP contribution in [-0.4, -0.2) is 22.5 Å². The highest BCUT2D eigenvalue weighted by molar-refractivity contribution is 7.08. The molecule has 1 atom stereocenters. The Bertz CT molecular complexity index is 948. The number of thiophene rings is 1. The molecule has 1 unspecified atom stereocenters. The van der Waals surface area contributed by atoms with E-state index in [-0.39, 0.29) is 17.6 Å². The molecule has 0 radical (unpaired) electrons. The van der Waals surface area contributed by atoms with E-state index in [1.54, 1.807) is 18.4 Å². The molecular formula is C17H15FN2O3S. The van der Waals surface area contributed by atoms with Gasteiger partial charge in [-0.3, -0.25) is 9.59 Å². The van der Waals surface area contributed by atoms with Crippen molar-refractivity contribution in [1.29, 1.82) is 0 Å². The highest BCUT2D eigenvalue weighted by atomic mass is 32.1. The van der Waals surface area contributed by atoms with Crippen molar-refractivity contribution in [2.75, 3.05) is 6.54 Å². The zero-order valence-electron chi connectivity index (χ0n) is 12.8. The fraction of sp³-hybridized carbons (Fsp3) is 0.176. The number of aromatic nitrogens is 1.